The lowest BCUT2D eigenvalue weighted by Gasteiger charge is -2.15. The molecule has 3 rings (SSSR count). The van der Waals surface area contributed by atoms with E-state index in [1.54, 1.807) is 25.1 Å². The molecular formula is C22H23ClFN5O2S. The molecule has 0 bridgehead atoms. The van der Waals surface area contributed by atoms with Gasteiger partial charge in [-0.1, -0.05) is 41.6 Å². The van der Waals surface area contributed by atoms with Gasteiger partial charge in [-0.2, -0.15) is 0 Å². The van der Waals surface area contributed by atoms with Crippen molar-refractivity contribution in [2.75, 3.05) is 11.1 Å². The number of nitrogens with zero attached hydrogens (tertiary/aromatic N) is 3. The van der Waals surface area contributed by atoms with Crippen molar-refractivity contribution in [2.24, 2.45) is 0 Å². The summed E-state index contributed by atoms with van der Waals surface area (Å²) in [5.41, 5.74) is 1.53. The molecule has 1 aromatic heterocycles. The van der Waals surface area contributed by atoms with Crippen molar-refractivity contribution >= 4 is 40.9 Å². The second kappa shape index (κ2) is 10.6. The summed E-state index contributed by atoms with van der Waals surface area (Å²) in [7, 11) is 0. The predicted molar refractivity (Wildman–Crippen MR) is 124 cm³/mol. The van der Waals surface area contributed by atoms with E-state index in [-0.39, 0.29) is 17.2 Å². The summed E-state index contributed by atoms with van der Waals surface area (Å²) in [5.74, 6) is -0.683. The first-order valence-corrected chi connectivity index (χ1v) is 11.3. The number of nitrogens with one attached hydrogen (secondary N) is 2. The molecule has 3 aromatic rings. The van der Waals surface area contributed by atoms with Crippen LogP contribution in [0.4, 0.5) is 10.1 Å². The van der Waals surface area contributed by atoms with Gasteiger partial charge in [-0.15, -0.1) is 10.2 Å². The molecule has 7 nitrogen and oxygen atoms in total. The molecule has 2 N–H and O–H groups in total. The number of carbonyl (C=O) groups is 2. The number of anilines is 1. The lowest BCUT2D eigenvalue weighted by atomic mass is 10.2. The molecule has 0 saturated carbocycles. The molecule has 0 aliphatic rings. The Hall–Kier alpha value is -2.91. The number of rotatable bonds is 8. The summed E-state index contributed by atoms with van der Waals surface area (Å²) in [6, 6.07) is 10.6. The Morgan fingerprint density at radius 3 is 2.69 bits per heavy atom. The third kappa shape index (κ3) is 5.66. The van der Waals surface area contributed by atoms with E-state index in [4.69, 9.17) is 11.6 Å². The van der Waals surface area contributed by atoms with Crippen molar-refractivity contribution in [1.82, 2.24) is 20.1 Å². The van der Waals surface area contributed by atoms with Gasteiger partial charge in [0.2, 0.25) is 5.91 Å². The average Bonchev–Trinajstić information content (AvgIpc) is 3.18. The molecule has 2 aromatic carbocycles. The molecule has 10 heteroatoms. The van der Waals surface area contributed by atoms with Crippen molar-refractivity contribution in [3.8, 4) is 0 Å². The number of aromatic nitrogens is 3. The van der Waals surface area contributed by atoms with Crippen molar-refractivity contribution in [2.45, 2.75) is 38.5 Å². The molecule has 0 fully saturated rings. The van der Waals surface area contributed by atoms with Gasteiger partial charge in [0.15, 0.2) is 11.0 Å². The van der Waals surface area contributed by atoms with Gasteiger partial charge < -0.3 is 15.2 Å². The molecule has 0 radical (unpaired) electrons. The summed E-state index contributed by atoms with van der Waals surface area (Å²) in [6.45, 7) is 6.09. The highest BCUT2D eigenvalue weighted by molar-refractivity contribution is 7.99. The summed E-state index contributed by atoms with van der Waals surface area (Å²) in [5, 5.41) is 15.0. The number of aryl methyl sites for hydroxylation is 1. The van der Waals surface area contributed by atoms with Crippen LogP contribution in [0.2, 0.25) is 5.02 Å². The highest BCUT2D eigenvalue weighted by Gasteiger charge is 2.21. The highest BCUT2D eigenvalue weighted by Crippen LogP contribution is 2.23. The first-order valence-electron chi connectivity index (χ1n) is 9.97. The van der Waals surface area contributed by atoms with Gasteiger partial charge in [0.1, 0.15) is 5.82 Å². The van der Waals surface area contributed by atoms with Crippen molar-refractivity contribution in [3.05, 3.63) is 70.3 Å². The molecule has 32 heavy (non-hydrogen) atoms. The van der Waals surface area contributed by atoms with E-state index in [2.05, 4.69) is 20.8 Å². The number of halogens is 2. The maximum absolute atomic E-state index is 13.9. The van der Waals surface area contributed by atoms with E-state index in [0.29, 0.717) is 28.2 Å². The maximum Gasteiger partial charge on any atom is 0.254 e. The minimum Gasteiger partial charge on any atom is -0.342 e. The number of thioether (sulfide) groups is 1. The molecule has 2 amide bonds. The van der Waals surface area contributed by atoms with E-state index in [1.165, 1.54) is 30.0 Å². The Kier molecular flexibility index (Phi) is 7.87. The van der Waals surface area contributed by atoms with Gasteiger partial charge in [0.05, 0.1) is 17.4 Å². The van der Waals surface area contributed by atoms with Crippen LogP contribution in [0.15, 0.2) is 47.6 Å². The first kappa shape index (κ1) is 23.7. The third-order valence-electron chi connectivity index (χ3n) is 4.72. The van der Waals surface area contributed by atoms with Gasteiger partial charge in [-0.25, -0.2) is 4.39 Å². The topological polar surface area (TPSA) is 88.9 Å². The molecule has 1 atom stereocenters. The second-order valence-electron chi connectivity index (χ2n) is 7.06. The van der Waals surface area contributed by atoms with Gasteiger partial charge in [-0.3, -0.25) is 9.59 Å². The Morgan fingerprint density at radius 2 is 1.97 bits per heavy atom. The minimum absolute atomic E-state index is 0.0375. The predicted octanol–water partition coefficient (Wildman–Crippen LogP) is 4.62. The van der Waals surface area contributed by atoms with Crippen LogP contribution >= 0.6 is 23.4 Å². The third-order valence-corrected chi connectivity index (χ3v) is 5.92. The van der Waals surface area contributed by atoms with Crippen molar-refractivity contribution in [1.29, 1.82) is 0 Å². The van der Waals surface area contributed by atoms with Crippen LogP contribution in [0.5, 0.6) is 0 Å². The molecule has 0 aliphatic heterocycles. The smallest absolute Gasteiger partial charge is 0.254 e. The summed E-state index contributed by atoms with van der Waals surface area (Å²) < 4.78 is 15.7. The standard InChI is InChI=1S/C22H23ClFN5O2S/c1-4-29-20(14(3)25-21(31)16-7-5-6-8-17(16)24)27-28-22(29)32-12-19(30)26-18-11-15(23)10-9-13(18)2/h5-11,14H,4,12H2,1-3H3,(H,25,31)(H,26,30). The SMILES string of the molecule is CCn1c(SCC(=O)Nc2cc(Cl)ccc2C)nnc1C(C)NC(=O)c1ccccc1F. The molecule has 0 saturated heterocycles. The zero-order valence-electron chi connectivity index (χ0n) is 17.9. The Bertz CT molecular complexity index is 1140. The van der Waals surface area contributed by atoms with Crippen LogP contribution in [-0.2, 0) is 11.3 Å². The molecule has 0 aliphatic carbocycles. The fourth-order valence-electron chi connectivity index (χ4n) is 3.05. The number of hydrogen-bond donors (Lipinski definition) is 2. The largest absolute Gasteiger partial charge is 0.342 e. The normalized spacial score (nSPS) is 11.8. The van der Waals surface area contributed by atoms with Gasteiger partial charge in [-0.05, 0) is 50.6 Å². The van der Waals surface area contributed by atoms with Gasteiger partial charge in [0.25, 0.3) is 5.91 Å². The van der Waals surface area contributed by atoms with Gasteiger partial charge >= 0.3 is 0 Å². The summed E-state index contributed by atoms with van der Waals surface area (Å²) in [6.07, 6.45) is 0. The fourth-order valence-corrected chi connectivity index (χ4v) is 4.04. The van der Waals surface area contributed by atoms with Crippen LogP contribution in [0.3, 0.4) is 0 Å². The number of amides is 2. The van der Waals surface area contributed by atoms with E-state index in [9.17, 15) is 14.0 Å². The average molecular weight is 476 g/mol. The van der Waals surface area contributed by atoms with Crippen LogP contribution < -0.4 is 10.6 Å². The second-order valence-corrected chi connectivity index (χ2v) is 8.44. The maximum atomic E-state index is 13.9. The lowest BCUT2D eigenvalue weighted by molar-refractivity contribution is -0.113. The lowest BCUT2D eigenvalue weighted by Crippen LogP contribution is -2.29. The zero-order valence-corrected chi connectivity index (χ0v) is 19.4. The molecule has 0 spiro atoms. The molecule has 168 valence electrons. The van der Waals surface area contributed by atoms with Crippen LogP contribution in [0.1, 0.15) is 41.6 Å². The van der Waals surface area contributed by atoms with E-state index in [1.807, 2.05) is 24.5 Å². The summed E-state index contributed by atoms with van der Waals surface area (Å²) in [4.78, 5) is 24.8. The fraction of sp³-hybridized carbons (Fsp3) is 0.273. The Morgan fingerprint density at radius 1 is 1.22 bits per heavy atom. The highest BCUT2D eigenvalue weighted by atomic mass is 35.5. The van der Waals surface area contributed by atoms with Crippen molar-refractivity contribution < 1.29 is 14.0 Å². The first-order chi connectivity index (χ1) is 15.3. The van der Waals surface area contributed by atoms with E-state index >= 15 is 0 Å². The Labute approximate surface area is 194 Å². The minimum atomic E-state index is -0.591. The molecule has 1 heterocycles. The molecular weight excluding hydrogens is 453 g/mol. The molecule has 1 unspecified atom stereocenters. The van der Waals surface area contributed by atoms with Crippen LogP contribution in [0, 0.1) is 12.7 Å². The van der Waals surface area contributed by atoms with Gasteiger partial charge in [0, 0.05) is 17.3 Å². The number of hydrogen-bond acceptors (Lipinski definition) is 5. The number of carbonyl (C=O) groups excluding carboxylic acids is 2. The Balaban J connectivity index is 1.65. The number of benzene rings is 2. The van der Waals surface area contributed by atoms with E-state index in [0.717, 1.165) is 5.56 Å². The summed E-state index contributed by atoms with van der Waals surface area (Å²) >= 11 is 7.24. The van der Waals surface area contributed by atoms with E-state index < -0.39 is 17.8 Å². The quantitative estimate of drug-likeness (QED) is 0.464. The van der Waals surface area contributed by atoms with Crippen molar-refractivity contribution in [3.63, 3.8) is 0 Å². The van der Waals surface area contributed by atoms with Crippen LogP contribution in [0.25, 0.3) is 0 Å². The zero-order chi connectivity index (χ0) is 23.3. The van der Waals surface area contributed by atoms with Crippen LogP contribution in [-0.4, -0.2) is 32.3 Å². The monoisotopic (exact) mass is 475 g/mol.